The molecule has 116 valence electrons. The van der Waals surface area contributed by atoms with Crippen molar-refractivity contribution in [2.24, 2.45) is 0 Å². The molecule has 4 nitrogen and oxygen atoms in total. The SMILES string of the molecule is CNC1c2ccc(OC)cc2CCC1N1CCC(OC)C1. The number of aryl methyl sites for hydroxylation is 1. The molecule has 3 atom stereocenters. The van der Waals surface area contributed by atoms with E-state index in [0.717, 1.165) is 31.7 Å². The molecule has 21 heavy (non-hydrogen) atoms. The van der Waals surface area contributed by atoms with Crippen LogP contribution in [0.1, 0.15) is 30.0 Å². The van der Waals surface area contributed by atoms with E-state index < -0.39 is 0 Å². The van der Waals surface area contributed by atoms with Gasteiger partial charge in [0.05, 0.1) is 13.2 Å². The monoisotopic (exact) mass is 290 g/mol. The second kappa shape index (κ2) is 6.34. The molecule has 1 N–H and O–H groups in total. The lowest BCUT2D eigenvalue weighted by atomic mass is 9.83. The minimum absolute atomic E-state index is 0.398. The maximum atomic E-state index is 5.52. The quantitative estimate of drug-likeness (QED) is 0.919. The topological polar surface area (TPSA) is 33.7 Å². The van der Waals surface area contributed by atoms with Gasteiger partial charge in [-0.15, -0.1) is 0 Å². The van der Waals surface area contributed by atoms with Crippen molar-refractivity contribution in [1.82, 2.24) is 10.2 Å². The maximum absolute atomic E-state index is 5.52. The van der Waals surface area contributed by atoms with Gasteiger partial charge < -0.3 is 14.8 Å². The average molecular weight is 290 g/mol. The molecule has 2 aliphatic rings. The van der Waals surface area contributed by atoms with Crippen molar-refractivity contribution in [3.8, 4) is 5.75 Å². The fraction of sp³-hybridized carbons (Fsp3) is 0.647. The Morgan fingerprint density at radius 3 is 2.76 bits per heavy atom. The van der Waals surface area contributed by atoms with Crippen LogP contribution in [0.25, 0.3) is 0 Å². The number of fused-ring (bicyclic) bond motifs is 1. The van der Waals surface area contributed by atoms with Gasteiger partial charge in [-0.25, -0.2) is 0 Å². The van der Waals surface area contributed by atoms with Crippen molar-refractivity contribution in [3.63, 3.8) is 0 Å². The molecule has 3 rings (SSSR count). The fourth-order valence-corrected chi connectivity index (χ4v) is 3.90. The summed E-state index contributed by atoms with van der Waals surface area (Å²) in [5.74, 6) is 0.961. The molecule has 1 heterocycles. The molecule has 0 radical (unpaired) electrons. The van der Waals surface area contributed by atoms with Crippen LogP contribution in [-0.2, 0) is 11.2 Å². The third-order valence-electron chi connectivity index (χ3n) is 5.07. The number of benzene rings is 1. The van der Waals surface area contributed by atoms with Crippen LogP contribution in [0, 0.1) is 0 Å². The van der Waals surface area contributed by atoms with E-state index in [1.54, 1.807) is 7.11 Å². The van der Waals surface area contributed by atoms with Gasteiger partial charge in [-0.1, -0.05) is 6.07 Å². The molecule has 0 aromatic heterocycles. The average Bonchev–Trinajstić information content (AvgIpc) is 3.01. The first-order chi connectivity index (χ1) is 10.3. The molecule has 1 saturated heterocycles. The molecular formula is C17H26N2O2. The lowest BCUT2D eigenvalue weighted by Crippen LogP contribution is -2.45. The van der Waals surface area contributed by atoms with Crippen molar-refractivity contribution < 1.29 is 9.47 Å². The van der Waals surface area contributed by atoms with Crippen LogP contribution in [0.5, 0.6) is 5.75 Å². The fourth-order valence-electron chi connectivity index (χ4n) is 3.90. The number of nitrogens with one attached hydrogen (secondary N) is 1. The highest BCUT2D eigenvalue weighted by Crippen LogP contribution is 2.36. The summed E-state index contributed by atoms with van der Waals surface area (Å²) in [6, 6.07) is 7.46. The summed E-state index contributed by atoms with van der Waals surface area (Å²) in [7, 11) is 5.63. The molecule has 1 fully saturated rings. The van der Waals surface area contributed by atoms with Crippen LogP contribution in [0.15, 0.2) is 18.2 Å². The molecule has 3 unspecified atom stereocenters. The van der Waals surface area contributed by atoms with Gasteiger partial charge in [0.15, 0.2) is 0 Å². The third kappa shape index (κ3) is 2.80. The zero-order chi connectivity index (χ0) is 14.8. The lowest BCUT2D eigenvalue weighted by molar-refractivity contribution is 0.0925. The molecule has 1 aromatic rings. The number of hydrogen-bond donors (Lipinski definition) is 1. The van der Waals surface area contributed by atoms with Crippen LogP contribution < -0.4 is 10.1 Å². The normalized spacial score (nSPS) is 29.4. The van der Waals surface area contributed by atoms with E-state index in [9.17, 15) is 0 Å². The van der Waals surface area contributed by atoms with Gasteiger partial charge in [-0.05, 0) is 49.6 Å². The van der Waals surface area contributed by atoms with E-state index in [4.69, 9.17) is 9.47 Å². The second-order valence-electron chi connectivity index (χ2n) is 6.08. The van der Waals surface area contributed by atoms with E-state index >= 15 is 0 Å². The Kier molecular flexibility index (Phi) is 4.48. The Bertz CT molecular complexity index is 492. The van der Waals surface area contributed by atoms with Crippen LogP contribution in [0.4, 0.5) is 0 Å². The summed E-state index contributed by atoms with van der Waals surface area (Å²) < 4.78 is 10.9. The standard InChI is InChI=1S/C17H26N2O2/c1-18-17-15-6-5-13(20-2)10-12(15)4-7-16(17)19-9-8-14(11-19)21-3/h5-6,10,14,16-18H,4,7-9,11H2,1-3H3. The van der Waals surface area contributed by atoms with Gasteiger partial charge >= 0.3 is 0 Å². The zero-order valence-electron chi connectivity index (χ0n) is 13.3. The summed E-state index contributed by atoms with van der Waals surface area (Å²) in [4.78, 5) is 2.60. The number of hydrogen-bond acceptors (Lipinski definition) is 4. The highest BCUT2D eigenvalue weighted by molar-refractivity contribution is 5.40. The van der Waals surface area contributed by atoms with E-state index in [2.05, 4.69) is 35.5 Å². The molecule has 4 heteroatoms. The van der Waals surface area contributed by atoms with Gasteiger partial charge in [0.1, 0.15) is 5.75 Å². The Labute approximate surface area is 127 Å². The van der Waals surface area contributed by atoms with Crippen LogP contribution in [-0.4, -0.2) is 51.4 Å². The second-order valence-corrected chi connectivity index (χ2v) is 6.08. The predicted molar refractivity (Wildman–Crippen MR) is 83.9 cm³/mol. The summed E-state index contributed by atoms with van der Waals surface area (Å²) in [6.07, 6.45) is 3.88. The van der Waals surface area contributed by atoms with Crippen molar-refractivity contribution in [2.75, 3.05) is 34.4 Å². The molecule has 0 amide bonds. The maximum Gasteiger partial charge on any atom is 0.119 e. The first-order valence-corrected chi connectivity index (χ1v) is 7.87. The molecule has 0 spiro atoms. The van der Waals surface area contributed by atoms with Gasteiger partial charge in [0, 0.05) is 32.3 Å². The first-order valence-electron chi connectivity index (χ1n) is 7.87. The highest BCUT2D eigenvalue weighted by Gasteiger charge is 2.36. The summed E-state index contributed by atoms with van der Waals surface area (Å²) in [6.45, 7) is 2.21. The minimum Gasteiger partial charge on any atom is -0.497 e. The smallest absolute Gasteiger partial charge is 0.119 e. The van der Waals surface area contributed by atoms with Crippen molar-refractivity contribution >= 4 is 0 Å². The van der Waals surface area contributed by atoms with Crippen molar-refractivity contribution in [3.05, 3.63) is 29.3 Å². The van der Waals surface area contributed by atoms with E-state index in [0.29, 0.717) is 18.2 Å². The summed E-state index contributed by atoms with van der Waals surface area (Å²) >= 11 is 0. The van der Waals surface area contributed by atoms with Crippen molar-refractivity contribution in [1.29, 1.82) is 0 Å². The lowest BCUT2D eigenvalue weighted by Gasteiger charge is -2.39. The van der Waals surface area contributed by atoms with E-state index in [1.807, 2.05) is 7.11 Å². The minimum atomic E-state index is 0.398. The Hall–Kier alpha value is -1.10. The van der Waals surface area contributed by atoms with Gasteiger partial charge in [0.2, 0.25) is 0 Å². The predicted octanol–water partition coefficient (Wildman–Crippen LogP) is 1.99. The third-order valence-corrected chi connectivity index (χ3v) is 5.07. The van der Waals surface area contributed by atoms with Gasteiger partial charge in [0.25, 0.3) is 0 Å². The van der Waals surface area contributed by atoms with Crippen LogP contribution in [0.2, 0.25) is 0 Å². The summed E-state index contributed by atoms with van der Waals surface area (Å²) in [5.41, 5.74) is 2.85. The number of likely N-dealkylation sites (tertiary alicyclic amines) is 1. The number of rotatable bonds is 4. The number of nitrogens with zero attached hydrogens (tertiary/aromatic N) is 1. The molecule has 0 bridgehead atoms. The molecule has 0 saturated carbocycles. The first kappa shape index (κ1) is 14.8. The highest BCUT2D eigenvalue weighted by atomic mass is 16.5. The van der Waals surface area contributed by atoms with E-state index in [-0.39, 0.29) is 0 Å². The van der Waals surface area contributed by atoms with Crippen molar-refractivity contribution in [2.45, 2.75) is 37.5 Å². The number of likely N-dealkylation sites (N-methyl/N-ethyl adjacent to an activating group) is 1. The van der Waals surface area contributed by atoms with E-state index in [1.165, 1.54) is 17.5 Å². The molecule has 1 aromatic carbocycles. The number of ether oxygens (including phenoxy) is 2. The Balaban J connectivity index is 1.82. The molecule has 1 aliphatic carbocycles. The molecular weight excluding hydrogens is 264 g/mol. The molecule has 1 aliphatic heterocycles. The largest absolute Gasteiger partial charge is 0.497 e. The van der Waals surface area contributed by atoms with Gasteiger partial charge in [-0.3, -0.25) is 4.90 Å². The summed E-state index contributed by atoms with van der Waals surface area (Å²) in [5, 5.41) is 3.53. The number of methoxy groups -OCH3 is 2. The Morgan fingerprint density at radius 2 is 2.10 bits per heavy atom. The zero-order valence-corrected chi connectivity index (χ0v) is 13.3. The Morgan fingerprint density at radius 1 is 1.24 bits per heavy atom. The van der Waals surface area contributed by atoms with Crippen LogP contribution in [0.3, 0.4) is 0 Å². The van der Waals surface area contributed by atoms with Gasteiger partial charge in [-0.2, -0.15) is 0 Å². The van der Waals surface area contributed by atoms with Crippen LogP contribution >= 0.6 is 0 Å².